The molecule has 2 aliphatic rings. The Hall–Kier alpha value is -6.52. The maximum absolute atomic E-state index is 6.24. The molecule has 2 aliphatic heterocycles. The first-order chi connectivity index (χ1) is 24.8. The van der Waals surface area contributed by atoms with Gasteiger partial charge in [0, 0.05) is 50.5 Å². The van der Waals surface area contributed by atoms with E-state index in [-0.39, 0.29) is 6.71 Å². The van der Waals surface area contributed by atoms with Gasteiger partial charge < -0.3 is 14.2 Å². The standard InChI is InChI=1S/C46H29BN2O/c1-3-13-33(14-4-1)48-40-21-9-8-19-38(40)47-39-20-11-18-35(46(39)49(34-15-5-2-6-16-34)42-23-12-22-41(48)45(42)47)31-26-25-30-29-44-37(28-32(30)27-31)36-17-7-10-24-43(36)50-44/h1-29H. The van der Waals surface area contributed by atoms with E-state index in [1.165, 1.54) is 61.0 Å². The molecule has 0 aliphatic carbocycles. The van der Waals surface area contributed by atoms with Gasteiger partial charge in [0.15, 0.2) is 0 Å². The fourth-order valence-electron chi connectivity index (χ4n) is 8.50. The lowest BCUT2D eigenvalue weighted by Crippen LogP contribution is -2.61. The molecule has 0 unspecified atom stereocenters. The van der Waals surface area contributed by atoms with Crippen LogP contribution in [-0.2, 0) is 0 Å². The number of benzene rings is 8. The van der Waals surface area contributed by atoms with E-state index >= 15 is 0 Å². The summed E-state index contributed by atoms with van der Waals surface area (Å²) in [4.78, 5) is 4.93. The van der Waals surface area contributed by atoms with Crippen molar-refractivity contribution in [3.63, 3.8) is 0 Å². The fraction of sp³-hybridized carbons (Fsp3) is 0. The van der Waals surface area contributed by atoms with E-state index in [1.807, 2.05) is 12.1 Å². The van der Waals surface area contributed by atoms with Crippen molar-refractivity contribution >= 4 is 89.9 Å². The molecule has 8 aromatic carbocycles. The van der Waals surface area contributed by atoms with Crippen molar-refractivity contribution in [1.82, 2.24) is 0 Å². The van der Waals surface area contributed by atoms with Crippen LogP contribution in [0.1, 0.15) is 0 Å². The molecule has 4 heteroatoms. The second-order valence-corrected chi connectivity index (χ2v) is 13.3. The van der Waals surface area contributed by atoms with Crippen LogP contribution in [0.5, 0.6) is 0 Å². The predicted octanol–water partition coefficient (Wildman–Crippen LogP) is 10.5. The van der Waals surface area contributed by atoms with Gasteiger partial charge in [-0.1, -0.05) is 109 Å². The number of furan rings is 1. The summed E-state index contributed by atoms with van der Waals surface area (Å²) < 4.78 is 6.24. The second-order valence-electron chi connectivity index (χ2n) is 13.3. The number of rotatable bonds is 3. The molecule has 0 fully saturated rings. The van der Waals surface area contributed by atoms with Gasteiger partial charge in [0.1, 0.15) is 11.2 Å². The summed E-state index contributed by atoms with van der Waals surface area (Å²) in [6.45, 7) is 0.0738. The Kier molecular flexibility index (Phi) is 5.76. The summed E-state index contributed by atoms with van der Waals surface area (Å²) in [5.74, 6) is 0. The lowest BCUT2D eigenvalue weighted by atomic mass is 9.33. The molecule has 50 heavy (non-hydrogen) atoms. The molecular weight excluding hydrogens is 607 g/mol. The molecule has 0 amide bonds. The minimum absolute atomic E-state index is 0.0738. The minimum atomic E-state index is 0.0738. The van der Waals surface area contributed by atoms with Gasteiger partial charge in [-0.15, -0.1) is 0 Å². The van der Waals surface area contributed by atoms with Gasteiger partial charge in [-0.3, -0.25) is 0 Å². The average molecular weight is 637 g/mol. The molecule has 0 bridgehead atoms. The number of anilines is 6. The van der Waals surface area contributed by atoms with Crippen LogP contribution in [0, 0.1) is 0 Å². The monoisotopic (exact) mass is 636 g/mol. The molecule has 3 nitrogen and oxygen atoms in total. The van der Waals surface area contributed by atoms with E-state index in [0.29, 0.717) is 0 Å². The van der Waals surface area contributed by atoms with Crippen LogP contribution in [0.15, 0.2) is 180 Å². The number of hydrogen-bond donors (Lipinski definition) is 0. The molecule has 3 heterocycles. The van der Waals surface area contributed by atoms with Gasteiger partial charge in [0.2, 0.25) is 0 Å². The Morgan fingerprint density at radius 1 is 0.420 bits per heavy atom. The van der Waals surface area contributed by atoms with Crippen molar-refractivity contribution < 1.29 is 4.42 Å². The van der Waals surface area contributed by atoms with Crippen molar-refractivity contribution in [3.8, 4) is 11.1 Å². The SMILES string of the molecule is c1ccc(N2c3ccccc3B3c4cccc(-c5ccc6cc7oc8ccccc8c7cc6c5)c4N(c4ccccc4)c4cccc2c43)cc1. The average Bonchev–Trinajstić information content (AvgIpc) is 3.54. The maximum Gasteiger partial charge on any atom is 0.252 e. The third-order valence-electron chi connectivity index (χ3n) is 10.6. The molecule has 9 aromatic rings. The van der Waals surface area contributed by atoms with Gasteiger partial charge in [0.25, 0.3) is 6.71 Å². The molecule has 0 saturated heterocycles. The van der Waals surface area contributed by atoms with Crippen molar-refractivity contribution in [2.75, 3.05) is 9.80 Å². The topological polar surface area (TPSA) is 19.6 Å². The maximum atomic E-state index is 6.24. The van der Waals surface area contributed by atoms with E-state index < -0.39 is 0 Å². The summed E-state index contributed by atoms with van der Waals surface area (Å²) in [6.07, 6.45) is 0. The molecule has 0 spiro atoms. The van der Waals surface area contributed by atoms with Crippen LogP contribution in [-0.4, -0.2) is 6.71 Å². The van der Waals surface area contributed by atoms with Crippen molar-refractivity contribution in [2.45, 2.75) is 0 Å². The summed E-state index contributed by atoms with van der Waals surface area (Å²) in [7, 11) is 0. The molecule has 0 radical (unpaired) electrons. The van der Waals surface area contributed by atoms with Crippen molar-refractivity contribution in [2.24, 2.45) is 0 Å². The largest absolute Gasteiger partial charge is 0.456 e. The van der Waals surface area contributed by atoms with E-state index in [4.69, 9.17) is 4.42 Å². The first-order valence-electron chi connectivity index (χ1n) is 17.2. The van der Waals surface area contributed by atoms with Crippen LogP contribution >= 0.6 is 0 Å². The molecule has 1 aromatic heterocycles. The van der Waals surface area contributed by atoms with Gasteiger partial charge in [-0.05, 0) is 99.5 Å². The summed E-state index contributed by atoms with van der Waals surface area (Å²) in [6, 6.07) is 63.9. The van der Waals surface area contributed by atoms with E-state index in [1.54, 1.807) is 0 Å². The highest BCUT2D eigenvalue weighted by Gasteiger charge is 2.43. The smallest absolute Gasteiger partial charge is 0.252 e. The van der Waals surface area contributed by atoms with Crippen LogP contribution < -0.4 is 26.2 Å². The van der Waals surface area contributed by atoms with E-state index in [2.05, 4.69) is 174 Å². The van der Waals surface area contributed by atoms with Crippen molar-refractivity contribution in [3.05, 3.63) is 176 Å². The molecule has 232 valence electrons. The first kappa shape index (κ1) is 27.4. The van der Waals surface area contributed by atoms with Gasteiger partial charge in [-0.25, -0.2) is 0 Å². The lowest BCUT2D eigenvalue weighted by molar-refractivity contribution is 0.669. The molecule has 0 saturated carbocycles. The molecule has 11 rings (SSSR count). The van der Waals surface area contributed by atoms with Gasteiger partial charge >= 0.3 is 0 Å². The van der Waals surface area contributed by atoms with E-state index in [0.717, 1.165) is 33.3 Å². The minimum Gasteiger partial charge on any atom is -0.456 e. The Balaban J connectivity index is 1.19. The zero-order valence-corrected chi connectivity index (χ0v) is 27.1. The van der Waals surface area contributed by atoms with Gasteiger partial charge in [-0.2, -0.15) is 0 Å². The normalized spacial score (nSPS) is 13.1. The number of hydrogen-bond acceptors (Lipinski definition) is 3. The molecule has 0 N–H and O–H groups in total. The Labute approximate surface area is 290 Å². The van der Waals surface area contributed by atoms with E-state index in [9.17, 15) is 0 Å². The predicted molar refractivity (Wildman–Crippen MR) is 211 cm³/mol. The third-order valence-corrected chi connectivity index (χ3v) is 10.6. The zero-order valence-electron chi connectivity index (χ0n) is 27.1. The quantitative estimate of drug-likeness (QED) is 0.180. The number of nitrogens with zero attached hydrogens (tertiary/aromatic N) is 2. The second kappa shape index (κ2) is 10.5. The highest BCUT2D eigenvalue weighted by Crippen LogP contribution is 2.46. The molecule has 0 atom stereocenters. The fourth-order valence-corrected chi connectivity index (χ4v) is 8.50. The number of para-hydroxylation sites is 5. The Morgan fingerprint density at radius 2 is 1.08 bits per heavy atom. The third kappa shape index (κ3) is 3.87. The Bertz CT molecular complexity index is 2790. The number of fused-ring (bicyclic) bond motifs is 8. The van der Waals surface area contributed by atoms with Gasteiger partial charge in [0.05, 0.1) is 0 Å². The molecular formula is C46H29BN2O. The lowest BCUT2D eigenvalue weighted by Gasteiger charge is -2.44. The highest BCUT2D eigenvalue weighted by atomic mass is 16.3. The summed E-state index contributed by atoms with van der Waals surface area (Å²) in [5.41, 5.74) is 15.4. The van der Waals surface area contributed by atoms with Crippen LogP contribution in [0.4, 0.5) is 34.1 Å². The summed E-state index contributed by atoms with van der Waals surface area (Å²) >= 11 is 0. The van der Waals surface area contributed by atoms with Crippen molar-refractivity contribution in [1.29, 1.82) is 0 Å². The summed E-state index contributed by atoms with van der Waals surface area (Å²) in [5, 5.41) is 4.66. The van der Waals surface area contributed by atoms with Crippen LogP contribution in [0.2, 0.25) is 0 Å². The Morgan fingerprint density at radius 3 is 1.92 bits per heavy atom. The highest BCUT2D eigenvalue weighted by molar-refractivity contribution is 7.00. The zero-order chi connectivity index (χ0) is 32.8. The van der Waals surface area contributed by atoms with Crippen LogP contribution in [0.25, 0.3) is 43.8 Å². The first-order valence-corrected chi connectivity index (χ1v) is 17.2. The van der Waals surface area contributed by atoms with Crippen LogP contribution in [0.3, 0.4) is 0 Å².